The average Bonchev–Trinajstić information content (AvgIpc) is 3.32. The number of hydrogen-bond donors (Lipinski definition) is 0. The number of carbonyl (C=O) groups excluding carboxylic acids is 1. The molecule has 0 aliphatic heterocycles. The van der Waals surface area contributed by atoms with E-state index in [-0.39, 0.29) is 5.97 Å². The van der Waals surface area contributed by atoms with E-state index in [1.54, 1.807) is 6.42 Å². The van der Waals surface area contributed by atoms with Crippen molar-refractivity contribution in [1.82, 2.24) is 0 Å². The van der Waals surface area contributed by atoms with Crippen molar-refractivity contribution in [2.75, 3.05) is 7.11 Å². The number of allylic oxidation sites excluding steroid dienone is 1. The fourth-order valence-electron chi connectivity index (χ4n) is 9.94. The van der Waals surface area contributed by atoms with Gasteiger partial charge in [-0.15, -0.1) is 0 Å². The number of ether oxygens (including phenoxy) is 1. The van der Waals surface area contributed by atoms with Crippen LogP contribution in [0.25, 0.3) is 5.57 Å². The zero-order chi connectivity index (χ0) is 28.2. The first kappa shape index (κ1) is 29.2. The highest BCUT2D eigenvalue weighted by Gasteiger charge is 2.59. The zero-order valence-corrected chi connectivity index (χ0v) is 25.5. The normalized spacial score (nSPS) is 34.2. The van der Waals surface area contributed by atoms with Crippen molar-refractivity contribution >= 4 is 11.5 Å². The first-order valence-electron chi connectivity index (χ1n) is 16.2. The van der Waals surface area contributed by atoms with Crippen LogP contribution in [0.1, 0.15) is 109 Å². The Hall–Kier alpha value is -2.35. The molecule has 0 bridgehead atoms. The van der Waals surface area contributed by atoms with Gasteiger partial charge >= 0.3 is 5.97 Å². The van der Waals surface area contributed by atoms with Crippen molar-refractivity contribution in [3.05, 3.63) is 77.9 Å². The molecule has 2 aromatic carbocycles. The summed E-state index contributed by atoms with van der Waals surface area (Å²) in [7, 11) is 1.35. The molecule has 4 saturated carbocycles. The van der Waals surface area contributed by atoms with Crippen molar-refractivity contribution in [2.24, 2.45) is 40.4 Å². The van der Waals surface area contributed by atoms with Crippen molar-refractivity contribution in [3.63, 3.8) is 0 Å². The lowest BCUT2D eigenvalue weighted by molar-refractivity contribution is -0.137. The predicted octanol–water partition coefficient (Wildman–Crippen LogP) is 10.1. The van der Waals surface area contributed by atoms with Crippen LogP contribution in [-0.4, -0.2) is 13.1 Å². The zero-order valence-electron chi connectivity index (χ0n) is 25.5. The van der Waals surface area contributed by atoms with Gasteiger partial charge < -0.3 is 4.74 Å². The Balaban J connectivity index is 0.000000595. The van der Waals surface area contributed by atoms with E-state index in [0.717, 1.165) is 29.6 Å². The summed E-state index contributed by atoms with van der Waals surface area (Å²) >= 11 is 0. The first-order chi connectivity index (χ1) is 19.4. The van der Waals surface area contributed by atoms with E-state index in [2.05, 4.69) is 85.3 Å². The predicted molar refractivity (Wildman–Crippen MR) is 167 cm³/mol. The first-order valence-corrected chi connectivity index (χ1v) is 16.2. The Kier molecular flexibility index (Phi) is 9.23. The van der Waals surface area contributed by atoms with Gasteiger partial charge in [0.2, 0.25) is 0 Å². The van der Waals surface area contributed by atoms with Crippen molar-refractivity contribution in [2.45, 2.75) is 97.8 Å². The number of rotatable bonds is 5. The van der Waals surface area contributed by atoms with Gasteiger partial charge in [-0.1, -0.05) is 93.4 Å². The topological polar surface area (TPSA) is 26.3 Å². The summed E-state index contributed by atoms with van der Waals surface area (Å²) in [6.07, 6.45) is 20.3. The van der Waals surface area contributed by atoms with Crippen LogP contribution in [0.2, 0.25) is 0 Å². The number of carbonyl (C=O) groups is 1. The van der Waals surface area contributed by atoms with Gasteiger partial charge in [0.1, 0.15) is 0 Å². The molecule has 6 rings (SSSR count). The van der Waals surface area contributed by atoms with Gasteiger partial charge in [-0.25, -0.2) is 0 Å². The van der Waals surface area contributed by atoms with Crippen LogP contribution in [0, 0.1) is 40.4 Å². The lowest BCUT2D eigenvalue weighted by Gasteiger charge is -2.60. The Bertz CT molecular complexity index is 1100. The Labute approximate surface area is 244 Å². The Morgan fingerprint density at radius 3 is 2.05 bits per heavy atom. The molecule has 0 N–H and O–H groups in total. The van der Waals surface area contributed by atoms with Gasteiger partial charge in [0.05, 0.1) is 7.11 Å². The smallest absolute Gasteiger partial charge is 0.302 e. The van der Waals surface area contributed by atoms with E-state index >= 15 is 0 Å². The number of esters is 1. The molecule has 2 nitrogen and oxygen atoms in total. The van der Waals surface area contributed by atoms with E-state index in [1.807, 2.05) is 0 Å². The van der Waals surface area contributed by atoms with Crippen LogP contribution in [0.5, 0.6) is 0 Å². The maximum atomic E-state index is 9.59. The summed E-state index contributed by atoms with van der Waals surface area (Å²) in [4.78, 5) is 9.59. The lowest BCUT2D eigenvalue weighted by atomic mass is 9.45. The van der Waals surface area contributed by atoms with E-state index in [9.17, 15) is 4.79 Å². The second-order valence-electron chi connectivity index (χ2n) is 13.8. The summed E-state index contributed by atoms with van der Waals surface area (Å²) in [5, 5.41) is 0. The van der Waals surface area contributed by atoms with Crippen LogP contribution in [0.15, 0.2) is 66.7 Å². The minimum atomic E-state index is -0.245. The molecule has 2 heteroatoms. The van der Waals surface area contributed by atoms with E-state index in [0.29, 0.717) is 10.8 Å². The molecule has 4 aliphatic carbocycles. The molecule has 0 spiro atoms. The molecular weight excluding hydrogens is 488 g/mol. The SMILES string of the molecule is CC12CCCCC1CCC1C2CCC2(C)C(CCC=C(c3ccccc3)c3ccccc3)CCC12.COC(C)=O. The highest BCUT2D eigenvalue weighted by molar-refractivity contribution is 5.79. The summed E-state index contributed by atoms with van der Waals surface area (Å²) in [5.74, 6) is 4.76. The molecule has 0 amide bonds. The number of fused-ring (bicyclic) bond motifs is 5. The van der Waals surface area contributed by atoms with Gasteiger partial charge in [-0.2, -0.15) is 0 Å². The van der Waals surface area contributed by atoms with Gasteiger partial charge in [0, 0.05) is 6.92 Å². The fourth-order valence-corrected chi connectivity index (χ4v) is 9.94. The minimum Gasteiger partial charge on any atom is -0.469 e. The second kappa shape index (κ2) is 12.7. The number of methoxy groups -OCH3 is 1. The Morgan fingerprint density at radius 2 is 1.43 bits per heavy atom. The highest BCUT2D eigenvalue weighted by atomic mass is 16.5. The lowest BCUT2D eigenvalue weighted by Crippen LogP contribution is -2.52. The quantitative estimate of drug-likeness (QED) is 0.353. The Morgan fingerprint density at radius 1 is 0.800 bits per heavy atom. The van der Waals surface area contributed by atoms with Crippen LogP contribution < -0.4 is 0 Å². The largest absolute Gasteiger partial charge is 0.469 e. The van der Waals surface area contributed by atoms with Gasteiger partial charge in [0.15, 0.2) is 0 Å². The number of benzene rings is 2. The van der Waals surface area contributed by atoms with Crippen LogP contribution >= 0.6 is 0 Å². The molecule has 4 aliphatic rings. The molecule has 0 radical (unpaired) electrons. The molecule has 216 valence electrons. The van der Waals surface area contributed by atoms with Crippen LogP contribution in [-0.2, 0) is 9.53 Å². The number of hydrogen-bond acceptors (Lipinski definition) is 2. The molecular formula is C38H52O2. The van der Waals surface area contributed by atoms with E-state index in [1.165, 1.54) is 101 Å². The van der Waals surface area contributed by atoms with Gasteiger partial charge in [-0.3, -0.25) is 4.79 Å². The molecule has 0 aromatic heterocycles. The summed E-state index contributed by atoms with van der Waals surface area (Å²) in [5.41, 5.74) is 5.38. The summed E-state index contributed by atoms with van der Waals surface area (Å²) in [6, 6.07) is 22.0. The molecule has 40 heavy (non-hydrogen) atoms. The monoisotopic (exact) mass is 540 g/mol. The van der Waals surface area contributed by atoms with Gasteiger partial charge in [-0.05, 0) is 121 Å². The van der Waals surface area contributed by atoms with Crippen molar-refractivity contribution in [1.29, 1.82) is 0 Å². The van der Waals surface area contributed by atoms with Crippen LogP contribution in [0.3, 0.4) is 0 Å². The third kappa shape index (κ3) is 5.83. The molecule has 7 atom stereocenters. The van der Waals surface area contributed by atoms with Crippen molar-refractivity contribution < 1.29 is 9.53 Å². The third-order valence-electron chi connectivity index (χ3n) is 12.1. The average molecular weight is 541 g/mol. The molecule has 2 aromatic rings. The van der Waals surface area contributed by atoms with E-state index in [4.69, 9.17) is 0 Å². The molecule has 0 saturated heterocycles. The maximum absolute atomic E-state index is 9.59. The van der Waals surface area contributed by atoms with Crippen LogP contribution in [0.4, 0.5) is 0 Å². The van der Waals surface area contributed by atoms with Crippen molar-refractivity contribution in [3.8, 4) is 0 Å². The fraction of sp³-hybridized carbons (Fsp3) is 0.605. The molecule has 4 fully saturated rings. The summed E-state index contributed by atoms with van der Waals surface area (Å²) in [6.45, 7) is 6.81. The third-order valence-corrected chi connectivity index (χ3v) is 12.1. The second-order valence-corrected chi connectivity index (χ2v) is 13.8. The highest BCUT2D eigenvalue weighted by Crippen LogP contribution is 2.67. The maximum Gasteiger partial charge on any atom is 0.302 e. The molecule has 7 unspecified atom stereocenters. The standard InChI is InChI=1S/C35H46.C3H6O2/c1-34-24-10-9-16-28(34)19-21-31-32-22-20-29(35(32,2)25-23-33(31)34)17-11-18-30(26-12-5-3-6-13-26)27-14-7-4-8-15-27;1-3(4)5-2/h3-8,12-15,18,28-29,31-33H,9-11,16-17,19-25H2,1-2H3;1-2H3. The molecule has 0 heterocycles. The minimum absolute atomic E-state index is 0.245. The van der Waals surface area contributed by atoms with Gasteiger partial charge in [0.25, 0.3) is 0 Å². The summed E-state index contributed by atoms with van der Waals surface area (Å²) < 4.78 is 4.11. The van der Waals surface area contributed by atoms with E-state index < -0.39 is 0 Å².